The number of hydrogen-bond donors (Lipinski definition) is 2. The van der Waals surface area contributed by atoms with Gasteiger partial charge in [-0.1, -0.05) is 6.07 Å². The zero-order valence-electron chi connectivity index (χ0n) is 11.8. The third kappa shape index (κ3) is 3.49. The Balaban J connectivity index is 2.18. The first kappa shape index (κ1) is 14.4. The molecule has 2 aromatic rings. The summed E-state index contributed by atoms with van der Waals surface area (Å²) in [6, 6.07) is 4.09. The lowest BCUT2D eigenvalue weighted by Gasteiger charge is -2.24. The van der Waals surface area contributed by atoms with E-state index in [-0.39, 0.29) is 0 Å². The largest absolute Gasteiger partial charge is 0.277 e. The molecule has 2 N–H and O–H groups in total. The molecule has 20 heavy (non-hydrogen) atoms. The number of rotatable bonds is 6. The van der Waals surface area contributed by atoms with Gasteiger partial charge in [0.05, 0.1) is 16.6 Å². The van der Waals surface area contributed by atoms with Gasteiger partial charge in [0, 0.05) is 18.8 Å². The standard InChI is InChI=1S/C14H18N4O2/c1-10-6-11(7-12-13(10)16-5-4-15-12)8-14(2,3)20-18-17-9-19/h4-7,9,18H,8H2,1-3H3,(H,17,19). The SMILES string of the molecule is Cc1cc(CC(C)(C)ONNC=O)cc2nccnc12. The molecule has 0 bridgehead atoms. The van der Waals surface area contributed by atoms with Crippen molar-refractivity contribution in [3.63, 3.8) is 0 Å². The van der Waals surface area contributed by atoms with E-state index in [2.05, 4.69) is 27.0 Å². The number of hydrazine groups is 1. The Hall–Kier alpha value is -2.05. The lowest BCUT2D eigenvalue weighted by Crippen LogP contribution is -2.40. The number of nitrogens with zero attached hydrogens (tertiary/aromatic N) is 2. The highest BCUT2D eigenvalue weighted by atomic mass is 16.7. The molecule has 0 saturated carbocycles. The quantitative estimate of drug-likeness (QED) is 0.473. The maximum atomic E-state index is 10.2. The first-order valence-corrected chi connectivity index (χ1v) is 6.34. The summed E-state index contributed by atoms with van der Waals surface area (Å²) in [7, 11) is 0. The molecule has 1 aromatic carbocycles. The van der Waals surface area contributed by atoms with E-state index in [1.807, 2.05) is 26.8 Å². The van der Waals surface area contributed by atoms with Crippen molar-refractivity contribution in [3.8, 4) is 0 Å². The Morgan fingerprint density at radius 1 is 1.30 bits per heavy atom. The molecule has 0 radical (unpaired) electrons. The van der Waals surface area contributed by atoms with Crippen LogP contribution in [0.25, 0.3) is 11.0 Å². The smallest absolute Gasteiger partial charge is 0.223 e. The molecule has 106 valence electrons. The van der Waals surface area contributed by atoms with E-state index in [0.717, 1.165) is 22.2 Å². The number of amides is 1. The van der Waals surface area contributed by atoms with E-state index in [4.69, 9.17) is 4.84 Å². The zero-order chi connectivity index (χ0) is 14.6. The summed E-state index contributed by atoms with van der Waals surface area (Å²) in [6.45, 7) is 5.88. The van der Waals surface area contributed by atoms with Crippen LogP contribution in [0.1, 0.15) is 25.0 Å². The molecule has 6 heteroatoms. The van der Waals surface area contributed by atoms with Crippen LogP contribution in [0.15, 0.2) is 24.5 Å². The Labute approximate surface area is 117 Å². The Morgan fingerprint density at radius 2 is 2.05 bits per heavy atom. The van der Waals surface area contributed by atoms with Gasteiger partial charge in [-0.3, -0.25) is 25.0 Å². The van der Waals surface area contributed by atoms with Crippen LogP contribution in [-0.4, -0.2) is 22.0 Å². The minimum atomic E-state index is -0.474. The highest BCUT2D eigenvalue weighted by Crippen LogP contribution is 2.21. The third-order valence-electron chi connectivity index (χ3n) is 2.90. The summed E-state index contributed by atoms with van der Waals surface area (Å²) in [5.41, 5.74) is 8.16. The van der Waals surface area contributed by atoms with Crippen LogP contribution in [-0.2, 0) is 16.1 Å². The maximum absolute atomic E-state index is 10.2. The zero-order valence-corrected chi connectivity index (χ0v) is 11.8. The molecule has 1 aromatic heterocycles. The molecule has 0 fully saturated rings. The van der Waals surface area contributed by atoms with Crippen molar-refractivity contribution in [2.75, 3.05) is 0 Å². The highest BCUT2D eigenvalue weighted by molar-refractivity contribution is 5.78. The van der Waals surface area contributed by atoms with Crippen LogP contribution in [0.5, 0.6) is 0 Å². The van der Waals surface area contributed by atoms with Crippen LogP contribution in [0, 0.1) is 6.92 Å². The number of carbonyl (C=O) groups excluding carboxylic acids is 1. The number of benzene rings is 1. The maximum Gasteiger partial charge on any atom is 0.223 e. The van der Waals surface area contributed by atoms with Gasteiger partial charge < -0.3 is 0 Å². The van der Waals surface area contributed by atoms with Gasteiger partial charge in [0.2, 0.25) is 6.41 Å². The fourth-order valence-corrected chi connectivity index (χ4v) is 2.14. The lowest BCUT2D eigenvalue weighted by molar-refractivity contribution is -0.127. The molecule has 0 saturated heterocycles. The average Bonchev–Trinajstić information content (AvgIpc) is 2.38. The normalized spacial score (nSPS) is 11.6. The van der Waals surface area contributed by atoms with Gasteiger partial charge >= 0.3 is 0 Å². The predicted octanol–water partition coefficient (Wildman–Crippen LogP) is 1.44. The second-order valence-electron chi connectivity index (χ2n) is 5.24. The van der Waals surface area contributed by atoms with Crippen molar-refractivity contribution in [1.29, 1.82) is 0 Å². The second kappa shape index (κ2) is 5.94. The topological polar surface area (TPSA) is 76.1 Å². The van der Waals surface area contributed by atoms with E-state index in [1.54, 1.807) is 12.4 Å². The number of aromatic nitrogens is 2. The molecule has 0 aliphatic rings. The predicted molar refractivity (Wildman–Crippen MR) is 75.5 cm³/mol. The van der Waals surface area contributed by atoms with Gasteiger partial charge in [0.1, 0.15) is 0 Å². The van der Waals surface area contributed by atoms with Crippen molar-refractivity contribution >= 4 is 17.4 Å². The fourth-order valence-electron chi connectivity index (χ4n) is 2.14. The van der Waals surface area contributed by atoms with Crippen molar-refractivity contribution in [2.24, 2.45) is 0 Å². The molecule has 1 heterocycles. The van der Waals surface area contributed by atoms with Gasteiger partial charge in [0.15, 0.2) is 0 Å². The molecule has 0 atom stereocenters. The summed E-state index contributed by atoms with van der Waals surface area (Å²) in [5, 5.41) is 0. The van der Waals surface area contributed by atoms with E-state index >= 15 is 0 Å². The molecule has 0 spiro atoms. The van der Waals surface area contributed by atoms with Crippen LogP contribution in [0.3, 0.4) is 0 Å². The van der Waals surface area contributed by atoms with Gasteiger partial charge in [-0.25, -0.2) is 0 Å². The summed E-state index contributed by atoms with van der Waals surface area (Å²) >= 11 is 0. The molecular formula is C14H18N4O2. The second-order valence-corrected chi connectivity index (χ2v) is 5.24. The Bertz CT molecular complexity index is 613. The first-order chi connectivity index (χ1) is 9.52. The van der Waals surface area contributed by atoms with E-state index < -0.39 is 5.60 Å². The van der Waals surface area contributed by atoms with E-state index in [0.29, 0.717) is 12.8 Å². The Morgan fingerprint density at radius 3 is 2.80 bits per heavy atom. The van der Waals surface area contributed by atoms with Gasteiger partial charge in [-0.2, -0.15) is 0 Å². The molecule has 6 nitrogen and oxygen atoms in total. The van der Waals surface area contributed by atoms with Crippen molar-refractivity contribution < 1.29 is 9.63 Å². The number of hydrogen-bond acceptors (Lipinski definition) is 5. The number of fused-ring (bicyclic) bond motifs is 1. The van der Waals surface area contributed by atoms with Crippen molar-refractivity contribution in [3.05, 3.63) is 35.7 Å². The summed E-state index contributed by atoms with van der Waals surface area (Å²) in [5.74, 6) is 0. The lowest BCUT2D eigenvalue weighted by atomic mass is 9.96. The monoisotopic (exact) mass is 274 g/mol. The highest BCUT2D eigenvalue weighted by Gasteiger charge is 2.20. The van der Waals surface area contributed by atoms with E-state index in [1.165, 1.54) is 0 Å². The number of nitrogens with one attached hydrogen (secondary N) is 2. The molecule has 0 aliphatic heterocycles. The molecule has 1 amide bonds. The summed E-state index contributed by atoms with van der Waals surface area (Å²) in [4.78, 5) is 24.2. The van der Waals surface area contributed by atoms with Gasteiger partial charge in [-0.15, -0.1) is 5.59 Å². The summed E-state index contributed by atoms with van der Waals surface area (Å²) in [6.07, 6.45) is 4.57. The molecule has 2 rings (SSSR count). The van der Waals surface area contributed by atoms with Crippen LogP contribution in [0.2, 0.25) is 0 Å². The average molecular weight is 274 g/mol. The van der Waals surface area contributed by atoms with Gasteiger partial charge in [0.25, 0.3) is 0 Å². The summed E-state index contributed by atoms with van der Waals surface area (Å²) < 4.78 is 0. The van der Waals surface area contributed by atoms with Crippen LogP contribution < -0.4 is 11.0 Å². The fraction of sp³-hybridized carbons (Fsp3) is 0.357. The minimum absolute atomic E-state index is 0.474. The van der Waals surface area contributed by atoms with Crippen molar-refractivity contribution in [1.82, 2.24) is 21.0 Å². The van der Waals surface area contributed by atoms with Crippen molar-refractivity contribution in [2.45, 2.75) is 32.8 Å². The molecule has 0 aliphatic carbocycles. The van der Waals surface area contributed by atoms with Crippen LogP contribution >= 0.6 is 0 Å². The third-order valence-corrected chi connectivity index (χ3v) is 2.90. The number of carbonyl (C=O) groups is 1. The minimum Gasteiger partial charge on any atom is -0.277 e. The number of aryl methyl sites for hydroxylation is 1. The first-order valence-electron chi connectivity index (χ1n) is 6.34. The molecule has 0 unspecified atom stereocenters. The van der Waals surface area contributed by atoms with Crippen LogP contribution in [0.4, 0.5) is 0 Å². The Kier molecular flexibility index (Phi) is 4.26. The molecular weight excluding hydrogens is 256 g/mol. The van der Waals surface area contributed by atoms with E-state index in [9.17, 15) is 4.79 Å². The van der Waals surface area contributed by atoms with Gasteiger partial charge in [-0.05, 0) is 38.0 Å².